The molecule has 0 spiro atoms. The van der Waals surface area contributed by atoms with Crippen LogP contribution in [0.3, 0.4) is 0 Å². The van der Waals surface area contributed by atoms with E-state index in [1.807, 2.05) is 35.2 Å². The summed E-state index contributed by atoms with van der Waals surface area (Å²) in [5.74, 6) is 0. The molecule has 1 atom stereocenters. The summed E-state index contributed by atoms with van der Waals surface area (Å²) in [7, 11) is 0. The maximum Gasteiger partial charge on any atom is 0.237 e. The van der Waals surface area contributed by atoms with Crippen LogP contribution >= 0.6 is 11.6 Å². The maximum atomic E-state index is 6.25. The fourth-order valence-electron chi connectivity index (χ4n) is 1.01. The number of nitrogens with zero attached hydrogens (tertiary/aromatic N) is 1. The van der Waals surface area contributed by atoms with E-state index in [0.717, 1.165) is 0 Å². The molecule has 74 valence electrons. The zero-order chi connectivity index (χ0) is 9.19. The lowest BCUT2D eigenvalue weighted by Crippen LogP contribution is -3.00. The molecule has 0 aliphatic rings. The van der Waals surface area contributed by atoms with Crippen LogP contribution in [0.25, 0.3) is 0 Å². The number of pyridine rings is 1. The molecule has 13 heavy (non-hydrogen) atoms. The highest BCUT2D eigenvalue weighted by Gasteiger charge is 2.29. The molecule has 1 aromatic rings. The number of alkyl halides is 1. The highest BCUT2D eigenvalue weighted by atomic mass is 35.5. The van der Waals surface area contributed by atoms with Crippen LogP contribution < -0.4 is 17.0 Å². The SMILES string of the molecule is CC(C)(C)C(Cl)[n+]1ccccc1.[Cl-]. The first-order chi connectivity index (χ1) is 5.52. The molecule has 1 rings (SSSR count). The van der Waals surface area contributed by atoms with Crippen molar-refractivity contribution in [1.82, 2.24) is 0 Å². The van der Waals surface area contributed by atoms with Gasteiger partial charge in [-0.2, -0.15) is 4.57 Å². The normalized spacial score (nSPS) is 13.2. The van der Waals surface area contributed by atoms with Gasteiger partial charge < -0.3 is 12.4 Å². The van der Waals surface area contributed by atoms with Gasteiger partial charge in [-0.15, -0.1) is 0 Å². The quantitative estimate of drug-likeness (QED) is 0.454. The fraction of sp³-hybridized carbons (Fsp3) is 0.500. The van der Waals surface area contributed by atoms with Crippen LogP contribution in [0.2, 0.25) is 0 Å². The summed E-state index contributed by atoms with van der Waals surface area (Å²) in [5.41, 5.74) is 0.104. The lowest BCUT2D eigenvalue weighted by atomic mass is 9.96. The summed E-state index contributed by atoms with van der Waals surface area (Å²) >= 11 is 6.25. The van der Waals surface area contributed by atoms with Crippen LogP contribution in [-0.4, -0.2) is 0 Å². The molecule has 0 radical (unpaired) electrons. The molecule has 0 aromatic carbocycles. The highest BCUT2D eigenvalue weighted by molar-refractivity contribution is 6.18. The molecule has 0 saturated carbocycles. The van der Waals surface area contributed by atoms with Crippen molar-refractivity contribution in [3.63, 3.8) is 0 Å². The fourth-order valence-corrected chi connectivity index (χ4v) is 1.14. The van der Waals surface area contributed by atoms with Crippen LogP contribution in [0.1, 0.15) is 26.3 Å². The Morgan fingerprint density at radius 3 is 1.92 bits per heavy atom. The largest absolute Gasteiger partial charge is 1.00 e. The van der Waals surface area contributed by atoms with Gasteiger partial charge in [-0.3, -0.25) is 0 Å². The summed E-state index contributed by atoms with van der Waals surface area (Å²) in [5, 5.41) is 0. The van der Waals surface area contributed by atoms with Crippen molar-refractivity contribution in [2.45, 2.75) is 26.3 Å². The molecule has 0 aliphatic heterocycles. The van der Waals surface area contributed by atoms with Gasteiger partial charge in [0.1, 0.15) is 0 Å². The van der Waals surface area contributed by atoms with E-state index in [1.165, 1.54) is 0 Å². The van der Waals surface area contributed by atoms with Gasteiger partial charge in [-0.25, -0.2) is 0 Å². The third-order valence-electron chi connectivity index (χ3n) is 1.72. The van der Waals surface area contributed by atoms with Crippen molar-refractivity contribution in [3.8, 4) is 0 Å². The number of rotatable bonds is 1. The van der Waals surface area contributed by atoms with Gasteiger partial charge in [-0.1, -0.05) is 26.8 Å². The van der Waals surface area contributed by atoms with E-state index in [9.17, 15) is 0 Å². The molecule has 1 heterocycles. The van der Waals surface area contributed by atoms with Crippen molar-refractivity contribution in [1.29, 1.82) is 0 Å². The Balaban J connectivity index is 0.00000144. The Morgan fingerprint density at radius 1 is 1.08 bits per heavy atom. The topological polar surface area (TPSA) is 3.88 Å². The maximum absolute atomic E-state index is 6.25. The zero-order valence-electron chi connectivity index (χ0n) is 8.17. The molecule has 0 amide bonds. The van der Waals surface area contributed by atoms with Crippen LogP contribution in [0, 0.1) is 5.41 Å². The minimum absolute atomic E-state index is 0. The van der Waals surface area contributed by atoms with Gasteiger partial charge in [0.25, 0.3) is 0 Å². The van der Waals surface area contributed by atoms with Gasteiger partial charge in [-0.05, 0) is 11.6 Å². The lowest BCUT2D eigenvalue weighted by molar-refractivity contribution is -0.714. The third kappa shape index (κ3) is 3.53. The van der Waals surface area contributed by atoms with Gasteiger partial charge in [0, 0.05) is 17.5 Å². The van der Waals surface area contributed by atoms with E-state index in [1.54, 1.807) is 0 Å². The van der Waals surface area contributed by atoms with Crippen molar-refractivity contribution in [3.05, 3.63) is 30.6 Å². The van der Waals surface area contributed by atoms with Crippen LogP contribution in [0.5, 0.6) is 0 Å². The first kappa shape index (κ1) is 12.7. The van der Waals surface area contributed by atoms with E-state index in [4.69, 9.17) is 11.6 Å². The molecule has 1 nitrogen and oxygen atoms in total. The molecular weight excluding hydrogens is 205 g/mol. The summed E-state index contributed by atoms with van der Waals surface area (Å²) in [6, 6.07) is 5.96. The van der Waals surface area contributed by atoms with E-state index in [-0.39, 0.29) is 23.3 Å². The summed E-state index contributed by atoms with van der Waals surface area (Å²) < 4.78 is 2.02. The molecule has 1 aromatic heterocycles. The van der Waals surface area contributed by atoms with Gasteiger partial charge in [0.05, 0.1) is 0 Å². The number of hydrogen-bond donors (Lipinski definition) is 0. The molecular formula is C10H15Cl2N. The predicted molar refractivity (Wildman–Crippen MR) is 51.0 cm³/mol. The summed E-state index contributed by atoms with van der Waals surface area (Å²) in [4.78, 5) is 0. The minimum Gasteiger partial charge on any atom is -1.00 e. The third-order valence-corrected chi connectivity index (χ3v) is 2.60. The smallest absolute Gasteiger partial charge is 0.237 e. The Bertz CT molecular complexity index is 241. The van der Waals surface area contributed by atoms with Crippen LogP contribution in [0.15, 0.2) is 30.6 Å². The molecule has 0 N–H and O–H groups in total. The minimum atomic E-state index is 0. The molecule has 0 saturated heterocycles. The van der Waals surface area contributed by atoms with Gasteiger partial charge in [0.2, 0.25) is 5.50 Å². The lowest BCUT2D eigenvalue weighted by Gasteiger charge is -2.19. The number of halogens is 2. The zero-order valence-corrected chi connectivity index (χ0v) is 9.68. The van der Waals surface area contributed by atoms with E-state index < -0.39 is 0 Å². The molecule has 0 fully saturated rings. The molecule has 3 heteroatoms. The summed E-state index contributed by atoms with van der Waals surface area (Å²) in [6.45, 7) is 6.39. The average Bonchev–Trinajstić information content (AvgIpc) is 2.03. The monoisotopic (exact) mass is 219 g/mol. The van der Waals surface area contributed by atoms with Crippen molar-refractivity contribution in [2.24, 2.45) is 5.41 Å². The second-order valence-corrected chi connectivity index (χ2v) is 4.44. The standard InChI is InChI=1S/C10H15ClN.ClH/c1-10(2,3)9(11)12-7-5-4-6-8-12;/h4-9H,1-3H3;1H/q+1;/p-1. The number of hydrogen-bond acceptors (Lipinski definition) is 0. The Kier molecular flexibility index (Phi) is 4.72. The van der Waals surface area contributed by atoms with E-state index in [0.29, 0.717) is 0 Å². The highest BCUT2D eigenvalue weighted by Crippen LogP contribution is 2.28. The van der Waals surface area contributed by atoms with E-state index >= 15 is 0 Å². The van der Waals surface area contributed by atoms with Crippen molar-refractivity contribution in [2.75, 3.05) is 0 Å². The molecule has 1 unspecified atom stereocenters. The Morgan fingerprint density at radius 2 is 1.54 bits per heavy atom. The predicted octanol–water partition coefficient (Wildman–Crippen LogP) is -0.238. The van der Waals surface area contributed by atoms with Crippen LogP contribution in [-0.2, 0) is 0 Å². The molecule has 0 aliphatic carbocycles. The molecule has 0 bridgehead atoms. The van der Waals surface area contributed by atoms with E-state index in [2.05, 4.69) is 20.8 Å². The van der Waals surface area contributed by atoms with Gasteiger partial charge in [0.15, 0.2) is 12.4 Å². The van der Waals surface area contributed by atoms with Crippen molar-refractivity contribution >= 4 is 11.6 Å². The van der Waals surface area contributed by atoms with Crippen molar-refractivity contribution < 1.29 is 17.0 Å². The number of aromatic nitrogens is 1. The van der Waals surface area contributed by atoms with Gasteiger partial charge >= 0.3 is 0 Å². The first-order valence-electron chi connectivity index (χ1n) is 4.11. The second-order valence-electron chi connectivity index (χ2n) is 4.02. The second kappa shape index (κ2) is 4.83. The summed E-state index contributed by atoms with van der Waals surface area (Å²) in [6.07, 6.45) is 3.98. The van der Waals surface area contributed by atoms with Crippen LogP contribution in [0.4, 0.5) is 0 Å². The Hall–Kier alpha value is -0.270. The Labute approximate surface area is 91.1 Å². The first-order valence-corrected chi connectivity index (χ1v) is 4.55. The average molecular weight is 220 g/mol.